The summed E-state index contributed by atoms with van der Waals surface area (Å²) in [5, 5.41) is 20.9. The van der Waals surface area contributed by atoms with Crippen LogP contribution < -0.4 is 4.74 Å². The highest BCUT2D eigenvalue weighted by molar-refractivity contribution is 5.37. The first-order valence-electron chi connectivity index (χ1n) is 8.63. The first kappa shape index (κ1) is 17.1. The largest absolute Gasteiger partial charge is 0.491 e. The Bertz CT molecular complexity index is 563. The maximum Gasteiger partial charge on any atom is 0.273 e. The zero-order valence-corrected chi connectivity index (χ0v) is 13.8. The summed E-state index contributed by atoms with van der Waals surface area (Å²) in [6, 6.07) is 6.68. The highest BCUT2D eigenvalue weighted by atomic mass is 16.6. The third-order valence-corrected chi connectivity index (χ3v) is 4.84. The zero-order chi connectivity index (χ0) is 16.9. The van der Waals surface area contributed by atoms with E-state index in [0.717, 1.165) is 13.1 Å². The minimum atomic E-state index is -0.596. The predicted molar refractivity (Wildman–Crippen MR) is 90.3 cm³/mol. The van der Waals surface area contributed by atoms with Crippen molar-refractivity contribution in [3.63, 3.8) is 0 Å². The molecule has 1 aromatic carbocycles. The number of benzene rings is 1. The molecule has 24 heavy (non-hydrogen) atoms. The smallest absolute Gasteiger partial charge is 0.273 e. The lowest BCUT2D eigenvalue weighted by atomic mass is 10.2. The number of nitro groups is 1. The number of likely N-dealkylation sites (tertiary alicyclic amines) is 2. The number of non-ortho nitro benzene ring substituents is 1. The first-order chi connectivity index (χ1) is 11.6. The molecule has 2 saturated heterocycles. The van der Waals surface area contributed by atoms with Crippen LogP contribution >= 0.6 is 0 Å². The van der Waals surface area contributed by atoms with Gasteiger partial charge in [0.05, 0.1) is 11.0 Å². The van der Waals surface area contributed by atoms with Gasteiger partial charge in [0, 0.05) is 25.2 Å². The van der Waals surface area contributed by atoms with E-state index in [2.05, 4.69) is 9.80 Å². The topological polar surface area (TPSA) is 79.1 Å². The number of β-amino-alcohol motifs (C(OH)–C–C–N with tert-alkyl or cyclic N) is 1. The van der Waals surface area contributed by atoms with Gasteiger partial charge in [0.25, 0.3) is 5.69 Å². The molecule has 2 fully saturated rings. The molecule has 2 aliphatic rings. The van der Waals surface area contributed by atoms with Gasteiger partial charge < -0.3 is 9.84 Å². The molecule has 0 saturated carbocycles. The Kier molecular flexibility index (Phi) is 5.65. The highest BCUT2D eigenvalue weighted by Crippen LogP contribution is 2.21. The summed E-state index contributed by atoms with van der Waals surface area (Å²) in [5.74, 6) is 0.416. The Balaban J connectivity index is 1.42. The summed E-state index contributed by atoms with van der Waals surface area (Å²) in [6.45, 7) is 5.15. The van der Waals surface area contributed by atoms with E-state index < -0.39 is 11.0 Å². The molecular weight excluding hydrogens is 310 g/mol. The molecular formula is C17H25N3O4. The Morgan fingerprint density at radius 2 is 2.12 bits per heavy atom. The lowest BCUT2D eigenvalue weighted by Crippen LogP contribution is -2.38. The molecule has 0 amide bonds. The number of aliphatic hydroxyl groups is 1. The Morgan fingerprint density at radius 1 is 1.33 bits per heavy atom. The van der Waals surface area contributed by atoms with Crippen molar-refractivity contribution in [1.82, 2.24) is 9.80 Å². The molecule has 1 N–H and O–H groups in total. The second-order valence-corrected chi connectivity index (χ2v) is 6.66. The standard InChI is InChI=1S/C17H25N3O4/c21-16(13-24-17-5-3-4-14(10-17)20(22)23)12-18-9-6-15(11-18)19-7-1-2-8-19/h3-5,10,15-16,21H,1-2,6-9,11-13H2. The van der Waals surface area contributed by atoms with Crippen molar-refractivity contribution in [1.29, 1.82) is 0 Å². The zero-order valence-electron chi connectivity index (χ0n) is 13.8. The highest BCUT2D eigenvalue weighted by Gasteiger charge is 2.29. The van der Waals surface area contributed by atoms with E-state index in [9.17, 15) is 15.2 Å². The molecule has 0 bridgehead atoms. The predicted octanol–water partition coefficient (Wildman–Crippen LogP) is 1.50. The fourth-order valence-corrected chi connectivity index (χ4v) is 3.61. The number of hydrogen-bond donors (Lipinski definition) is 1. The van der Waals surface area contributed by atoms with Gasteiger partial charge in [0.1, 0.15) is 18.5 Å². The van der Waals surface area contributed by atoms with Gasteiger partial charge in [0.2, 0.25) is 0 Å². The monoisotopic (exact) mass is 335 g/mol. The van der Waals surface area contributed by atoms with Crippen LogP contribution in [-0.2, 0) is 0 Å². The van der Waals surface area contributed by atoms with Gasteiger partial charge in [-0.25, -0.2) is 0 Å². The minimum absolute atomic E-state index is 0.00464. The summed E-state index contributed by atoms with van der Waals surface area (Å²) >= 11 is 0. The van der Waals surface area contributed by atoms with Gasteiger partial charge in [-0.15, -0.1) is 0 Å². The van der Waals surface area contributed by atoms with Crippen LogP contribution in [0, 0.1) is 10.1 Å². The van der Waals surface area contributed by atoms with E-state index in [4.69, 9.17) is 4.74 Å². The van der Waals surface area contributed by atoms with Crippen LogP contribution in [0.4, 0.5) is 5.69 Å². The maximum atomic E-state index is 10.8. The van der Waals surface area contributed by atoms with Crippen LogP contribution in [0.2, 0.25) is 0 Å². The summed E-state index contributed by atoms with van der Waals surface area (Å²) in [6.07, 6.45) is 3.17. The van der Waals surface area contributed by atoms with E-state index in [0.29, 0.717) is 18.3 Å². The molecule has 1 aromatic rings. The fourth-order valence-electron chi connectivity index (χ4n) is 3.61. The lowest BCUT2D eigenvalue weighted by Gasteiger charge is -2.24. The maximum absolute atomic E-state index is 10.8. The Hall–Kier alpha value is -1.70. The summed E-state index contributed by atoms with van der Waals surface area (Å²) in [4.78, 5) is 15.1. The minimum Gasteiger partial charge on any atom is -0.491 e. The molecule has 2 heterocycles. The normalized spacial score (nSPS) is 23.5. The van der Waals surface area contributed by atoms with Gasteiger partial charge in [-0.05, 0) is 45.0 Å². The molecule has 7 heteroatoms. The van der Waals surface area contributed by atoms with Crippen LogP contribution in [0.15, 0.2) is 24.3 Å². The van der Waals surface area contributed by atoms with Crippen LogP contribution in [0.1, 0.15) is 19.3 Å². The first-order valence-corrected chi connectivity index (χ1v) is 8.63. The van der Waals surface area contributed by atoms with Gasteiger partial charge >= 0.3 is 0 Å². The van der Waals surface area contributed by atoms with E-state index in [1.165, 1.54) is 44.5 Å². The van der Waals surface area contributed by atoms with E-state index in [1.807, 2.05) is 0 Å². The van der Waals surface area contributed by atoms with Gasteiger partial charge in [-0.2, -0.15) is 0 Å². The van der Waals surface area contributed by atoms with E-state index >= 15 is 0 Å². The molecule has 132 valence electrons. The van der Waals surface area contributed by atoms with Gasteiger partial charge in [-0.1, -0.05) is 6.07 Å². The molecule has 2 unspecified atom stereocenters. The molecule has 7 nitrogen and oxygen atoms in total. The third kappa shape index (κ3) is 4.43. The number of aliphatic hydroxyl groups excluding tert-OH is 1. The summed E-state index contributed by atoms with van der Waals surface area (Å²) in [5.41, 5.74) is -0.00464. The fraction of sp³-hybridized carbons (Fsp3) is 0.647. The quantitative estimate of drug-likeness (QED) is 0.601. The number of rotatable bonds is 7. The Labute approximate surface area is 142 Å². The van der Waals surface area contributed by atoms with Crippen molar-refractivity contribution < 1.29 is 14.8 Å². The average molecular weight is 335 g/mol. The number of nitrogens with zero attached hydrogens (tertiary/aromatic N) is 3. The molecule has 0 aliphatic carbocycles. The van der Waals surface area contributed by atoms with Crippen molar-refractivity contribution >= 4 is 5.69 Å². The van der Waals surface area contributed by atoms with E-state index in [-0.39, 0.29) is 12.3 Å². The molecule has 2 atom stereocenters. The summed E-state index contributed by atoms with van der Waals surface area (Å²) < 4.78 is 5.50. The second kappa shape index (κ2) is 7.92. The number of nitro benzene ring substituents is 1. The van der Waals surface area contributed by atoms with Crippen molar-refractivity contribution in [2.24, 2.45) is 0 Å². The van der Waals surface area contributed by atoms with E-state index in [1.54, 1.807) is 12.1 Å². The molecule has 0 spiro atoms. The van der Waals surface area contributed by atoms with Crippen molar-refractivity contribution in [2.45, 2.75) is 31.4 Å². The molecule has 2 aliphatic heterocycles. The van der Waals surface area contributed by atoms with Crippen LogP contribution in [-0.4, -0.2) is 71.3 Å². The third-order valence-electron chi connectivity index (χ3n) is 4.84. The lowest BCUT2D eigenvalue weighted by molar-refractivity contribution is -0.384. The van der Waals surface area contributed by atoms with Gasteiger partial charge in [0.15, 0.2) is 0 Å². The van der Waals surface area contributed by atoms with Crippen LogP contribution in [0.25, 0.3) is 0 Å². The van der Waals surface area contributed by atoms with Crippen molar-refractivity contribution in [2.75, 3.05) is 39.3 Å². The summed E-state index contributed by atoms with van der Waals surface area (Å²) in [7, 11) is 0. The number of hydrogen-bond acceptors (Lipinski definition) is 6. The van der Waals surface area contributed by atoms with Crippen LogP contribution in [0.3, 0.4) is 0 Å². The SMILES string of the molecule is O=[N+]([O-])c1cccc(OCC(O)CN2CCC(N3CCCC3)C2)c1. The van der Waals surface area contributed by atoms with Crippen molar-refractivity contribution in [3.8, 4) is 5.75 Å². The number of ether oxygens (including phenoxy) is 1. The molecule has 3 rings (SSSR count). The van der Waals surface area contributed by atoms with Crippen LogP contribution in [0.5, 0.6) is 5.75 Å². The average Bonchev–Trinajstić information content (AvgIpc) is 3.24. The second-order valence-electron chi connectivity index (χ2n) is 6.66. The molecule has 0 aromatic heterocycles. The Morgan fingerprint density at radius 3 is 2.88 bits per heavy atom. The van der Waals surface area contributed by atoms with Crippen molar-refractivity contribution in [3.05, 3.63) is 34.4 Å². The molecule has 0 radical (unpaired) electrons. The van der Waals surface area contributed by atoms with Gasteiger partial charge in [-0.3, -0.25) is 19.9 Å².